The Bertz CT molecular complexity index is 327. The van der Waals surface area contributed by atoms with Gasteiger partial charge in [-0.15, -0.1) is 13.2 Å². The van der Waals surface area contributed by atoms with Gasteiger partial charge in [0, 0.05) is 0 Å². The van der Waals surface area contributed by atoms with Crippen molar-refractivity contribution >= 4 is 0 Å². The van der Waals surface area contributed by atoms with Gasteiger partial charge in [0.1, 0.15) is 5.75 Å². The van der Waals surface area contributed by atoms with Crippen LogP contribution in [0.15, 0.2) is 24.3 Å². The molecule has 0 fully saturated rings. The Morgan fingerprint density at radius 2 is 2.07 bits per heavy atom. The van der Waals surface area contributed by atoms with Crippen LogP contribution in [0, 0.1) is 0 Å². The number of nitrogens with two attached hydrogens (primary N) is 1. The number of rotatable bonds is 3. The van der Waals surface area contributed by atoms with Gasteiger partial charge < -0.3 is 15.6 Å². The first-order valence-electron chi connectivity index (χ1n) is 4.14. The molecule has 6 heteroatoms. The van der Waals surface area contributed by atoms with E-state index in [1.165, 1.54) is 18.2 Å². The molecule has 0 unspecified atom stereocenters. The molecule has 0 spiro atoms. The Balaban J connectivity index is 2.83. The van der Waals surface area contributed by atoms with Crippen LogP contribution < -0.4 is 10.5 Å². The lowest BCUT2D eigenvalue weighted by Crippen LogP contribution is -2.18. The lowest BCUT2D eigenvalue weighted by Gasteiger charge is -2.12. The second-order valence-corrected chi connectivity index (χ2v) is 2.91. The van der Waals surface area contributed by atoms with Crippen molar-refractivity contribution in [2.45, 2.75) is 12.4 Å². The summed E-state index contributed by atoms with van der Waals surface area (Å²) in [4.78, 5) is 0. The Labute approximate surface area is 84.3 Å². The van der Waals surface area contributed by atoms with E-state index in [1.54, 1.807) is 0 Å². The minimum absolute atomic E-state index is 0.338. The van der Waals surface area contributed by atoms with Crippen molar-refractivity contribution in [3.05, 3.63) is 29.8 Å². The van der Waals surface area contributed by atoms with Crippen LogP contribution >= 0.6 is 0 Å². The van der Waals surface area contributed by atoms with Crippen molar-refractivity contribution in [3.8, 4) is 5.75 Å². The van der Waals surface area contributed by atoms with Crippen LogP contribution in [-0.4, -0.2) is 18.1 Å². The van der Waals surface area contributed by atoms with Crippen molar-refractivity contribution in [2.75, 3.05) is 6.61 Å². The Hall–Kier alpha value is -1.27. The second kappa shape index (κ2) is 4.50. The maximum absolute atomic E-state index is 11.9. The molecule has 0 bridgehead atoms. The van der Waals surface area contributed by atoms with Gasteiger partial charge in [-0.05, 0) is 17.7 Å². The van der Waals surface area contributed by atoms with E-state index in [1.807, 2.05) is 0 Å². The van der Waals surface area contributed by atoms with E-state index >= 15 is 0 Å². The van der Waals surface area contributed by atoms with Gasteiger partial charge in [0.15, 0.2) is 0 Å². The second-order valence-electron chi connectivity index (χ2n) is 2.91. The lowest BCUT2D eigenvalue weighted by atomic mass is 10.1. The quantitative estimate of drug-likeness (QED) is 0.814. The van der Waals surface area contributed by atoms with E-state index in [0.29, 0.717) is 5.56 Å². The van der Waals surface area contributed by atoms with Crippen molar-refractivity contribution in [2.24, 2.45) is 5.73 Å². The first-order chi connectivity index (χ1) is 6.92. The third-order valence-corrected chi connectivity index (χ3v) is 1.72. The van der Waals surface area contributed by atoms with E-state index in [4.69, 9.17) is 10.8 Å². The summed E-state index contributed by atoms with van der Waals surface area (Å²) in [5.74, 6) is -0.344. The van der Waals surface area contributed by atoms with Gasteiger partial charge >= 0.3 is 6.36 Å². The summed E-state index contributed by atoms with van der Waals surface area (Å²) in [6.07, 6.45) is -4.72. The highest BCUT2D eigenvalue weighted by molar-refractivity contribution is 5.30. The summed E-state index contributed by atoms with van der Waals surface area (Å²) in [7, 11) is 0. The molecule has 0 amide bonds. The zero-order chi connectivity index (χ0) is 11.5. The summed E-state index contributed by atoms with van der Waals surface area (Å²) >= 11 is 0. The van der Waals surface area contributed by atoms with Gasteiger partial charge in [-0.3, -0.25) is 0 Å². The fourth-order valence-corrected chi connectivity index (χ4v) is 1.05. The molecule has 1 aromatic carbocycles. The largest absolute Gasteiger partial charge is 0.573 e. The van der Waals surface area contributed by atoms with E-state index in [9.17, 15) is 13.2 Å². The van der Waals surface area contributed by atoms with Gasteiger partial charge in [-0.1, -0.05) is 12.1 Å². The topological polar surface area (TPSA) is 55.5 Å². The normalized spacial score (nSPS) is 13.7. The van der Waals surface area contributed by atoms with Crippen LogP contribution in [0.25, 0.3) is 0 Å². The van der Waals surface area contributed by atoms with Gasteiger partial charge in [0.25, 0.3) is 0 Å². The predicted molar refractivity (Wildman–Crippen MR) is 47.1 cm³/mol. The van der Waals surface area contributed by atoms with Crippen LogP contribution in [0.2, 0.25) is 0 Å². The summed E-state index contributed by atoms with van der Waals surface area (Å²) < 4.78 is 39.3. The molecular formula is C9H10F3NO2. The molecule has 0 saturated heterocycles. The molecule has 1 aromatic rings. The maximum Gasteiger partial charge on any atom is 0.573 e. The minimum Gasteiger partial charge on any atom is -0.406 e. The minimum atomic E-state index is -4.72. The third-order valence-electron chi connectivity index (χ3n) is 1.72. The third kappa shape index (κ3) is 3.77. The number of ether oxygens (including phenoxy) is 1. The van der Waals surface area contributed by atoms with Gasteiger partial charge in [-0.25, -0.2) is 0 Å². The van der Waals surface area contributed by atoms with Crippen LogP contribution in [0.5, 0.6) is 5.75 Å². The molecule has 84 valence electrons. The van der Waals surface area contributed by atoms with Crippen LogP contribution in [-0.2, 0) is 0 Å². The fourth-order valence-electron chi connectivity index (χ4n) is 1.05. The Morgan fingerprint density at radius 1 is 1.40 bits per heavy atom. The van der Waals surface area contributed by atoms with Gasteiger partial charge in [-0.2, -0.15) is 0 Å². The van der Waals surface area contributed by atoms with Crippen molar-refractivity contribution < 1.29 is 23.0 Å². The summed E-state index contributed by atoms with van der Waals surface area (Å²) in [5.41, 5.74) is 5.83. The average Bonchev–Trinajstić information content (AvgIpc) is 2.14. The number of hydrogen-bond acceptors (Lipinski definition) is 3. The van der Waals surface area contributed by atoms with Crippen molar-refractivity contribution in [1.82, 2.24) is 0 Å². The van der Waals surface area contributed by atoms with E-state index < -0.39 is 12.4 Å². The molecule has 3 N–H and O–H groups in total. The van der Waals surface area contributed by atoms with E-state index in [-0.39, 0.29) is 12.4 Å². The summed E-state index contributed by atoms with van der Waals surface area (Å²) in [6.45, 7) is -0.338. The maximum atomic E-state index is 11.9. The SMILES string of the molecule is N[C@H](CO)c1cccc(OC(F)(F)F)c1. The molecule has 0 saturated carbocycles. The predicted octanol–water partition coefficient (Wildman–Crippen LogP) is 1.58. The van der Waals surface area contributed by atoms with Crippen molar-refractivity contribution in [1.29, 1.82) is 0 Å². The molecule has 15 heavy (non-hydrogen) atoms. The smallest absolute Gasteiger partial charge is 0.406 e. The van der Waals surface area contributed by atoms with Crippen molar-refractivity contribution in [3.63, 3.8) is 0 Å². The van der Waals surface area contributed by atoms with Crippen LogP contribution in [0.3, 0.4) is 0 Å². The molecule has 0 radical (unpaired) electrons. The van der Waals surface area contributed by atoms with Gasteiger partial charge in [0.2, 0.25) is 0 Å². The molecule has 0 heterocycles. The number of halogens is 3. The highest BCUT2D eigenvalue weighted by Crippen LogP contribution is 2.24. The Kier molecular flexibility index (Phi) is 3.54. The average molecular weight is 221 g/mol. The first kappa shape index (κ1) is 11.8. The number of alkyl halides is 3. The monoisotopic (exact) mass is 221 g/mol. The van der Waals surface area contributed by atoms with Crippen LogP contribution in [0.4, 0.5) is 13.2 Å². The molecule has 3 nitrogen and oxygen atoms in total. The molecule has 0 aliphatic heterocycles. The molecule has 0 aliphatic carbocycles. The zero-order valence-electron chi connectivity index (χ0n) is 7.66. The van der Waals surface area contributed by atoms with E-state index in [0.717, 1.165) is 6.07 Å². The molecular weight excluding hydrogens is 211 g/mol. The standard InChI is InChI=1S/C9H10F3NO2/c10-9(11,12)15-7-3-1-2-6(4-7)8(13)5-14/h1-4,8,14H,5,13H2/t8-/m1/s1. The highest BCUT2D eigenvalue weighted by atomic mass is 19.4. The van der Waals surface area contributed by atoms with Crippen LogP contribution in [0.1, 0.15) is 11.6 Å². The number of benzene rings is 1. The van der Waals surface area contributed by atoms with Gasteiger partial charge in [0.05, 0.1) is 12.6 Å². The molecule has 1 atom stereocenters. The molecule has 1 rings (SSSR count). The fraction of sp³-hybridized carbons (Fsp3) is 0.333. The number of aliphatic hydroxyl groups excluding tert-OH is 1. The highest BCUT2D eigenvalue weighted by Gasteiger charge is 2.31. The lowest BCUT2D eigenvalue weighted by molar-refractivity contribution is -0.274. The zero-order valence-corrected chi connectivity index (χ0v) is 7.66. The Morgan fingerprint density at radius 3 is 2.60 bits per heavy atom. The summed E-state index contributed by atoms with van der Waals surface area (Å²) in [5, 5.41) is 8.72. The molecule has 0 aromatic heterocycles. The number of aliphatic hydroxyl groups is 1. The first-order valence-corrected chi connectivity index (χ1v) is 4.14. The van der Waals surface area contributed by atoms with E-state index in [2.05, 4.69) is 4.74 Å². The molecule has 0 aliphatic rings. The number of hydrogen-bond donors (Lipinski definition) is 2. The summed E-state index contributed by atoms with van der Waals surface area (Å²) in [6, 6.07) is 4.51.